The number of nitrogens with one attached hydrogen (secondary N) is 2. The highest BCUT2D eigenvalue weighted by molar-refractivity contribution is 6.61. The van der Waals surface area contributed by atoms with Crippen LogP contribution in [-0.2, 0) is 0 Å². The fourth-order valence-corrected chi connectivity index (χ4v) is 5.91. The van der Waals surface area contributed by atoms with E-state index in [1.54, 1.807) is 12.1 Å². The Morgan fingerprint density at radius 1 is 0.500 bits per heavy atom. The summed E-state index contributed by atoms with van der Waals surface area (Å²) in [6, 6.07) is 28.8. The second-order valence-electron chi connectivity index (χ2n) is 10.3. The standard InChI is InChI=1S/C33H17ClN8O2/c34-33(43)44-23-15-7-14-22-24(23)32-41-30-21-13-6-5-12-20(21)28(39-30)37-26-17-9-2-1-8-16(17)25(35-26)36-27-18-10-3-4-11-19(18)29(38-27)40-31(22)42-32/h1-15H,(H2,35,36,37,38,39,40,41,42). The highest BCUT2D eigenvalue weighted by Crippen LogP contribution is 2.38. The summed E-state index contributed by atoms with van der Waals surface area (Å²) in [6.07, 6.45) is 0. The lowest BCUT2D eigenvalue weighted by Gasteiger charge is -2.01. The van der Waals surface area contributed by atoms with Gasteiger partial charge in [-0.3, -0.25) is 0 Å². The first kappa shape index (κ1) is 24.6. The van der Waals surface area contributed by atoms with Gasteiger partial charge < -0.3 is 14.7 Å². The molecule has 2 aliphatic heterocycles. The Balaban J connectivity index is 1.50. The average Bonchev–Trinajstić information content (AvgIpc) is 3.77. The number of nitrogens with zero attached hydrogens (tertiary/aromatic N) is 6. The highest BCUT2D eigenvalue weighted by atomic mass is 35.5. The van der Waals surface area contributed by atoms with E-state index in [0.717, 1.165) is 33.0 Å². The zero-order valence-electron chi connectivity index (χ0n) is 22.5. The van der Waals surface area contributed by atoms with Crippen molar-refractivity contribution in [3.05, 3.63) is 91.0 Å². The predicted octanol–water partition coefficient (Wildman–Crippen LogP) is 7.61. The first-order chi connectivity index (χ1) is 21.6. The Morgan fingerprint density at radius 2 is 0.909 bits per heavy atom. The van der Waals surface area contributed by atoms with Gasteiger partial charge in [0.05, 0.1) is 5.39 Å². The molecule has 0 unspecified atom stereocenters. The topological polar surface area (TPSA) is 135 Å². The van der Waals surface area contributed by atoms with Gasteiger partial charge in [-0.2, -0.15) is 0 Å². The molecule has 0 radical (unpaired) electrons. The molecular formula is C33H17ClN8O2. The number of aromatic amines is 2. The molecule has 44 heavy (non-hydrogen) atoms. The number of hydrogen-bond acceptors (Lipinski definition) is 8. The van der Waals surface area contributed by atoms with Gasteiger partial charge in [-0.1, -0.05) is 84.9 Å². The van der Waals surface area contributed by atoms with Crippen LogP contribution >= 0.6 is 11.6 Å². The minimum atomic E-state index is -0.966. The summed E-state index contributed by atoms with van der Waals surface area (Å²) in [5, 5.41) is 2.99. The molecule has 9 rings (SSSR count). The number of aromatic nitrogens is 8. The first-order valence-corrected chi connectivity index (χ1v) is 14.1. The summed E-state index contributed by atoms with van der Waals surface area (Å²) >= 11 is 5.65. The summed E-state index contributed by atoms with van der Waals surface area (Å²) in [7, 11) is 0. The molecule has 0 amide bonds. The van der Waals surface area contributed by atoms with Gasteiger partial charge in [0, 0.05) is 50.0 Å². The quantitative estimate of drug-likeness (QED) is 0.186. The molecule has 4 aromatic carbocycles. The van der Waals surface area contributed by atoms with Gasteiger partial charge in [-0.25, -0.2) is 34.7 Å². The average molecular weight is 593 g/mol. The predicted molar refractivity (Wildman–Crippen MR) is 168 cm³/mol. The van der Waals surface area contributed by atoms with Crippen LogP contribution < -0.4 is 4.74 Å². The van der Waals surface area contributed by atoms with Crippen LogP contribution in [0.15, 0.2) is 91.0 Å². The molecule has 3 aromatic heterocycles. The Labute approximate surface area is 252 Å². The Bertz CT molecular complexity index is 2530. The molecule has 5 heterocycles. The number of benzene rings is 4. The van der Waals surface area contributed by atoms with Crippen LogP contribution in [0.4, 0.5) is 4.79 Å². The normalized spacial score (nSPS) is 11.8. The van der Waals surface area contributed by atoms with Crippen LogP contribution in [-0.4, -0.2) is 45.3 Å². The summed E-state index contributed by atoms with van der Waals surface area (Å²) in [5.41, 5.74) is 4.45. The molecule has 208 valence electrons. The summed E-state index contributed by atoms with van der Waals surface area (Å²) in [4.78, 5) is 48.2. The van der Waals surface area contributed by atoms with Crippen LogP contribution in [0.1, 0.15) is 0 Å². The third kappa shape index (κ3) is 3.71. The van der Waals surface area contributed by atoms with Gasteiger partial charge in [0.15, 0.2) is 23.3 Å². The van der Waals surface area contributed by atoms with E-state index >= 15 is 0 Å². The van der Waals surface area contributed by atoms with Crippen molar-refractivity contribution in [1.29, 1.82) is 0 Å². The molecule has 10 nitrogen and oxygen atoms in total. The van der Waals surface area contributed by atoms with E-state index in [-0.39, 0.29) is 5.75 Å². The van der Waals surface area contributed by atoms with E-state index in [9.17, 15) is 4.79 Å². The maximum atomic E-state index is 11.8. The fourth-order valence-electron chi connectivity index (χ4n) is 5.83. The largest absolute Gasteiger partial charge is 0.414 e. The van der Waals surface area contributed by atoms with Crippen molar-refractivity contribution in [2.75, 3.05) is 0 Å². The molecule has 7 aromatic rings. The molecule has 0 atom stereocenters. The van der Waals surface area contributed by atoms with E-state index in [1.807, 2.05) is 78.9 Å². The number of halogens is 1. The smallest absolute Gasteiger partial charge is 0.409 e. The van der Waals surface area contributed by atoms with E-state index in [4.69, 9.17) is 46.2 Å². The van der Waals surface area contributed by atoms with E-state index in [1.165, 1.54) is 0 Å². The van der Waals surface area contributed by atoms with Crippen molar-refractivity contribution < 1.29 is 9.53 Å². The van der Waals surface area contributed by atoms with Crippen molar-refractivity contribution in [3.63, 3.8) is 0 Å². The number of fused-ring (bicyclic) bond motifs is 20. The van der Waals surface area contributed by atoms with Crippen molar-refractivity contribution in [1.82, 2.24) is 39.9 Å². The number of rotatable bonds is 1. The number of hydrogen-bond donors (Lipinski definition) is 2. The van der Waals surface area contributed by atoms with Crippen LogP contribution in [0.3, 0.4) is 0 Å². The highest BCUT2D eigenvalue weighted by Gasteiger charge is 2.22. The van der Waals surface area contributed by atoms with Crippen molar-refractivity contribution in [2.24, 2.45) is 0 Å². The second-order valence-corrected chi connectivity index (χ2v) is 10.6. The number of carbonyl (C=O) groups excluding carboxylic acids is 1. The molecule has 0 fully saturated rings. The van der Waals surface area contributed by atoms with Crippen molar-refractivity contribution in [2.45, 2.75) is 0 Å². The van der Waals surface area contributed by atoms with Crippen LogP contribution in [0.25, 0.3) is 89.7 Å². The lowest BCUT2D eigenvalue weighted by molar-refractivity contribution is 0.226. The van der Waals surface area contributed by atoms with Gasteiger partial charge in [0.2, 0.25) is 0 Å². The number of ether oxygens (including phenoxy) is 1. The minimum absolute atomic E-state index is 0.235. The first-order valence-electron chi connectivity index (χ1n) is 13.7. The number of H-pyrrole nitrogens is 2. The van der Waals surface area contributed by atoms with Crippen LogP contribution in [0.5, 0.6) is 5.75 Å². The van der Waals surface area contributed by atoms with Gasteiger partial charge in [0.1, 0.15) is 28.3 Å². The maximum Gasteiger partial charge on any atom is 0.409 e. The minimum Gasteiger partial charge on any atom is -0.414 e. The maximum absolute atomic E-state index is 11.8. The molecule has 0 saturated carbocycles. The molecule has 11 heteroatoms. The molecule has 0 saturated heterocycles. The fraction of sp³-hybridized carbons (Fsp3) is 0. The monoisotopic (exact) mass is 592 g/mol. The van der Waals surface area contributed by atoms with Crippen molar-refractivity contribution >= 4 is 61.2 Å². The van der Waals surface area contributed by atoms with Gasteiger partial charge in [-0.15, -0.1) is 0 Å². The zero-order chi connectivity index (χ0) is 29.4. The second kappa shape index (κ2) is 9.25. The van der Waals surface area contributed by atoms with Gasteiger partial charge in [0.25, 0.3) is 0 Å². The summed E-state index contributed by atoms with van der Waals surface area (Å²) in [6.45, 7) is 0. The molecule has 8 bridgehead atoms. The molecule has 2 N–H and O–H groups in total. The third-order valence-corrected chi connectivity index (χ3v) is 7.81. The van der Waals surface area contributed by atoms with Gasteiger partial charge >= 0.3 is 5.43 Å². The Kier molecular flexibility index (Phi) is 5.17. The van der Waals surface area contributed by atoms with E-state index in [0.29, 0.717) is 56.7 Å². The van der Waals surface area contributed by atoms with Crippen LogP contribution in [0.2, 0.25) is 0 Å². The van der Waals surface area contributed by atoms with E-state index in [2.05, 4.69) is 9.97 Å². The molecular weight excluding hydrogens is 576 g/mol. The lowest BCUT2D eigenvalue weighted by Crippen LogP contribution is -1.96. The molecule has 0 spiro atoms. The van der Waals surface area contributed by atoms with E-state index < -0.39 is 5.43 Å². The molecule has 0 aliphatic carbocycles. The van der Waals surface area contributed by atoms with Gasteiger partial charge in [-0.05, 0) is 6.07 Å². The Morgan fingerprint density at radius 3 is 1.41 bits per heavy atom. The zero-order valence-corrected chi connectivity index (χ0v) is 23.3. The Hall–Kier alpha value is -6.00. The molecule has 2 aliphatic rings. The lowest BCUT2D eigenvalue weighted by atomic mass is 10.1. The van der Waals surface area contributed by atoms with Crippen molar-refractivity contribution in [3.8, 4) is 51.3 Å². The SMILES string of the molecule is O=C(Cl)Oc1cccc2c3nc4nc(nc5[nH]c(nc6nc(nc([nH]3)c12)-c1ccccc1-6)c1ccccc51)-c1ccccc1-4. The number of carbonyl (C=O) groups is 1. The summed E-state index contributed by atoms with van der Waals surface area (Å²) in [5.74, 6) is 2.16. The summed E-state index contributed by atoms with van der Waals surface area (Å²) < 4.78 is 5.39. The third-order valence-electron chi connectivity index (χ3n) is 7.73. The van der Waals surface area contributed by atoms with Crippen LogP contribution in [0, 0.1) is 0 Å².